The summed E-state index contributed by atoms with van der Waals surface area (Å²) in [6, 6.07) is 8.82. The Hall–Kier alpha value is -1.64. The van der Waals surface area contributed by atoms with E-state index in [2.05, 4.69) is 64.2 Å². The highest BCUT2D eigenvalue weighted by Gasteiger charge is 2.27. The first-order chi connectivity index (χ1) is 10.2. The lowest BCUT2D eigenvalue weighted by molar-refractivity contribution is 0.276. The summed E-state index contributed by atoms with van der Waals surface area (Å²) >= 11 is 0. The highest BCUT2D eigenvalue weighted by atomic mass is 16.5. The van der Waals surface area contributed by atoms with Crippen LogP contribution in [0.25, 0.3) is 0 Å². The molecule has 1 aromatic rings. The van der Waals surface area contributed by atoms with Gasteiger partial charge in [-0.3, -0.25) is 0 Å². The van der Waals surface area contributed by atoms with Gasteiger partial charge < -0.3 is 15.8 Å². The van der Waals surface area contributed by atoms with Crippen molar-refractivity contribution in [3.63, 3.8) is 0 Å². The van der Waals surface area contributed by atoms with Crippen LogP contribution in [0.15, 0.2) is 36.2 Å². The molecule has 0 unspecified atom stereocenters. The van der Waals surface area contributed by atoms with Crippen LogP contribution in [0.1, 0.15) is 53.0 Å². The molecular weight excluding hydrogens is 272 g/mol. The second kappa shape index (κ2) is 6.23. The molecule has 0 fully saturated rings. The number of hydrogen-bond acceptors (Lipinski definition) is 3. The zero-order valence-electron chi connectivity index (χ0n) is 14.6. The van der Waals surface area contributed by atoms with E-state index in [1.807, 2.05) is 6.08 Å². The van der Waals surface area contributed by atoms with E-state index >= 15 is 0 Å². The van der Waals surface area contributed by atoms with Crippen LogP contribution in [0.5, 0.6) is 5.75 Å². The lowest BCUT2D eigenvalue weighted by Crippen LogP contribution is -2.31. The number of ether oxygens (including phenoxy) is 1. The van der Waals surface area contributed by atoms with Gasteiger partial charge in [-0.25, -0.2) is 0 Å². The van der Waals surface area contributed by atoms with Gasteiger partial charge in [0.25, 0.3) is 0 Å². The van der Waals surface area contributed by atoms with E-state index < -0.39 is 0 Å². The Labute approximate surface area is 134 Å². The lowest BCUT2D eigenvalue weighted by Gasteiger charge is -2.33. The van der Waals surface area contributed by atoms with E-state index in [4.69, 9.17) is 10.5 Å². The van der Waals surface area contributed by atoms with Crippen molar-refractivity contribution in [2.24, 2.45) is 11.1 Å². The third kappa shape index (κ3) is 4.69. The number of hydrogen-bond donors (Lipinski definition) is 2. The van der Waals surface area contributed by atoms with Crippen LogP contribution >= 0.6 is 0 Å². The van der Waals surface area contributed by atoms with Gasteiger partial charge in [-0.2, -0.15) is 0 Å². The van der Waals surface area contributed by atoms with Crippen molar-refractivity contribution in [2.75, 3.05) is 6.61 Å². The second-order valence-corrected chi connectivity index (χ2v) is 8.19. The molecule has 1 heterocycles. The van der Waals surface area contributed by atoms with E-state index in [1.165, 1.54) is 5.56 Å². The summed E-state index contributed by atoms with van der Waals surface area (Å²) in [5.74, 6) is 1.68. The van der Waals surface area contributed by atoms with Crippen molar-refractivity contribution in [3.05, 3.63) is 41.7 Å². The van der Waals surface area contributed by atoms with Gasteiger partial charge in [-0.15, -0.1) is 0 Å². The Morgan fingerprint density at radius 2 is 1.77 bits per heavy atom. The van der Waals surface area contributed by atoms with Crippen molar-refractivity contribution in [2.45, 2.75) is 58.9 Å². The Balaban J connectivity index is 1.92. The minimum Gasteiger partial charge on any atom is -0.491 e. The van der Waals surface area contributed by atoms with E-state index in [0.717, 1.165) is 24.4 Å². The van der Waals surface area contributed by atoms with Gasteiger partial charge >= 0.3 is 0 Å². The zero-order valence-corrected chi connectivity index (χ0v) is 14.6. The van der Waals surface area contributed by atoms with Crippen LogP contribution in [0, 0.1) is 5.41 Å². The maximum absolute atomic E-state index is 5.86. The fraction of sp³-hybridized carbons (Fsp3) is 0.579. The van der Waals surface area contributed by atoms with Gasteiger partial charge in [0, 0.05) is 0 Å². The average Bonchev–Trinajstić information content (AvgIpc) is 2.80. The van der Waals surface area contributed by atoms with Gasteiger partial charge in [0.2, 0.25) is 0 Å². The van der Waals surface area contributed by atoms with Gasteiger partial charge in [-0.05, 0) is 47.4 Å². The van der Waals surface area contributed by atoms with E-state index in [-0.39, 0.29) is 11.5 Å². The summed E-state index contributed by atoms with van der Waals surface area (Å²) in [5, 5.41) is 3.20. The summed E-state index contributed by atoms with van der Waals surface area (Å²) in [7, 11) is 0. The maximum Gasteiger partial charge on any atom is 0.119 e. The molecule has 0 aromatic heterocycles. The van der Waals surface area contributed by atoms with Crippen molar-refractivity contribution in [1.82, 2.24) is 5.32 Å². The first-order valence-electron chi connectivity index (χ1n) is 8.11. The largest absolute Gasteiger partial charge is 0.491 e. The molecule has 2 rings (SSSR count). The summed E-state index contributed by atoms with van der Waals surface area (Å²) < 4.78 is 5.86. The molecule has 0 bridgehead atoms. The fourth-order valence-corrected chi connectivity index (χ4v) is 3.36. The molecule has 122 valence electrons. The van der Waals surface area contributed by atoms with E-state index in [1.54, 1.807) is 0 Å². The smallest absolute Gasteiger partial charge is 0.119 e. The monoisotopic (exact) mass is 302 g/mol. The minimum absolute atomic E-state index is 0.169. The molecule has 0 spiro atoms. The fourth-order valence-electron chi connectivity index (χ4n) is 3.36. The first-order valence-corrected chi connectivity index (χ1v) is 8.11. The van der Waals surface area contributed by atoms with Gasteiger partial charge in [0.05, 0.1) is 11.9 Å². The molecule has 1 aliphatic heterocycles. The second-order valence-electron chi connectivity index (χ2n) is 8.19. The van der Waals surface area contributed by atoms with E-state index in [0.29, 0.717) is 12.0 Å². The van der Waals surface area contributed by atoms with Gasteiger partial charge in [0.15, 0.2) is 0 Å². The van der Waals surface area contributed by atoms with Gasteiger partial charge in [-0.1, -0.05) is 46.8 Å². The van der Waals surface area contributed by atoms with Crippen molar-refractivity contribution in [3.8, 4) is 5.75 Å². The molecule has 0 aliphatic carbocycles. The average molecular weight is 302 g/mol. The highest BCUT2D eigenvalue weighted by molar-refractivity contribution is 5.32. The number of nitrogens with one attached hydrogen (secondary N) is 1. The van der Waals surface area contributed by atoms with E-state index in [9.17, 15) is 0 Å². The topological polar surface area (TPSA) is 47.3 Å². The molecule has 0 saturated heterocycles. The Morgan fingerprint density at radius 1 is 1.14 bits per heavy atom. The van der Waals surface area contributed by atoms with Gasteiger partial charge in [0.1, 0.15) is 12.4 Å². The molecule has 3 heteroatoms. The maximum atomic E-state index is 5.86. The summed E-state index contributed by atoms with van der Waals surface area (Å²) in [4.78, 5) is 0. The quantitative estimate of drug-likeness (QED) is 0.866. The third-order valence-corrected chi connectivity index (χ3v) is 4.05. The highest BCUT2D eigenvalue weighted by Crippen LogP contribution is 2.36. The molecule has 3 N–H and O–H groups in total. The molecule has 1 aromatic carbocycles. The number of rotatable bonds is 5. The summed E-state index contributed by atoms with van der Waals surface area (Å²) in [6.07, 6.45) is 4.09. The molecular formula is C19H30N2O. The predicted octanol–water partition coefficient (Wildman–Crippen LogP) is 3.94. The van der Waals surface area contributed by atoms with Crippen LogP contribution in [-0.4, -0.2) is 12.6 Å². The first kappa shape index (κ1) is 16.7. The molecule has 1 atom stereocenters. The van der Waals surface area contributed by atoms with Crippen LogP contribution in [-0.2, 0) is 5.41 Å². The molecule has 3 nitrogen and oxygen atoms in total. The molecule has 0 amide bonds. The van der Waals surface area contributed by atoms with Crippen molar-refractivity contribution < 1.29 is 4.74 Å². The number of benzene rings is 1. The Kier molecular flexibility index (Phi) is 4.74. The standard InChI is InChI=1S/C19H30N2O/c1-18(2,3)13-19(4,5)14-6-9-16(10-7-14)22-12-15-8-11-17(20)21-15/h6-7,9-11,15,21H,8,12-13,20H2,1-5H3/t15-/m0/s1. The summed E-state index contributed by atoms with van der Waals surface area (Å²) in [5.41, 5.74) is 7.56. The molecule has 0 radical (unpaired) electrons. The van der Waals surface area contributed by atoms with Crippen molar-refractivity contribution in [1.29, 1.82) is 0 Å². The predicted molar refractivity (Wildman–Crippen MR) is 92.8 cm³/mol. The van der Waals surface area contributed by atoms with Crippen LogP contribution < -0.4 is 15.8 Å². The van der Waals surface area contributed by atoms with Crippen LogP contribution in [0.4, 0.5) is 0 Å². The van der Waals surface area contributed by atoms with Crippen LogP contribution in [0.2, 0.25) is 0 Å². The summed E-state index contributed by atoms with van der Waals surface area (Å²) in [6.45, 7) is 12.1. The Morgan fingerprint density at radius 3 is 2.27 bits per heavy atom. The zero-order chi connectivity index (χ0) is 16.4. The normalized spacial score (nSPS) is 18.8. The third-order valence-electron chi connectivity index (χ3n) is 4.05. The lowest BCUT2D eigenvalue weighted by atomic mass is 9.72. The Bertz CT molecular complexity index is 523. The molecule has 22 heavy (non-hydrogen) atoms. The van der Waals surface area contributed by atoms with Crippen LogP contribution in [0.3, 0.4) is 0 Å². The number of nitrogens with two attached hydrogens (primary N) is 1. The van der Waals surface area contributed by atoms with Crippen molar-refractivity contribution >= 4 is 0 Å². The molecule has 0 saturated carbocycles. The molecule has 1 aliphatic rings. The minimum atomic E-state index is 0.169. The SMILES string of the molecule is CC(C)(C)CC(C)(C)c1ccc(OC[C@@H]2CC=C(N)N2)cc1.